The van der Waals surface area contributed by atoms with Gasteiger partial charge in [-0.2, -0.15) is 0 Å². The van der Waals surface area contributed by atoms with Crippen molar-refractivity contribution in [3.8, 4) is 83.8 Å². The number of benzene rings is 27. The molecule has 1 unspecified atom stereocenters. The van der Waals surface area contributed by atoms with Crippen molar-refractivity contribution in [2.45, 2.75) is 16.2 Å². The standard InChI is InChI=1S/3C49H29N/c1-2-14-34-32(12-1)33-13-3-4-15-35(33)41-28-30(24-26-36(34)41)31-25-27-44-47(29-31)50-46-23-10-7-18-39(46)40-19-11-22-45(48(40)50)49(44)42-20-8-5-16-37(42)38-17-6-9-21-43(38)49;1-2-14-34-32(12-1)33-13-3-4-15-35(33)41-28-30(24-26-36(34)41)31-25-27-47-45(29-31)49(42-20-8-5-16-37(42)38-17-6-9-21-43(38)49)44-22-11-19-40-39-18-7-10-23-46(39)50(47)48(40)44;1-2-14-34-32(12-1)33-13-3-4-15-35(33)41-28-30(24-26-36(34)41)31-25-27-38-37-16-5-7-19-42(37)49(45(38)29-31)43-20-8-10-23-47(43)50-46-22-9-6-17-39(46)40-18-11-21-44(49)48(40)50/h3*1-29H. The zero-order chi connectivity index (χ0) is 97.7. The summed E-state index contributed by atoms with van der Waals surface area (Å²) in [5.41, 5.74) is 41.7. The van der Waals surface area contributed by atoms with Crippen molar-refractivity contribution >= 4 is 162 Å². The van der Waals surface area contributed by atoms with Gasteiger partial charge in [0.2, 0.25) is 0 Å². The third-order valence-electron chi connectivity index (χ3n) is 35.3. The highest BCUT2D eigenvalue weighted by Gasteiger charge is 2.55. The van der Waals surface area contributed by atoms with Gasteiger partial charge in [0.05, 0.1) is 66.4 Å². The molecular formula is C147H87N3. The number of aromatic nitrogens is 3. The summed E-state index contributed by atoms with van der Waals surface area (Å²) in [5.74, 6) is 0. The number of rotatable bonds is 3. The maximum absolute atomic E-state index is 2.55. The largest absolute Gasteiger partial charge is 0.309 e. The maximum atomic E-state index is 2.55. The number of para-hydroxylation sites is 7. The Morgan fingerprint density at radius 3 is 0.680 bits per heavy atom. The molecule has 0 saturated carbocycles. The van der Waals surface area contributed by atoms with Crippen molar-refractivity contribution in [1.82, 2.24) is 13.7 Å². The van der Waals surface area contributed by atoms with Crippen LogP contribution in [0.5, 0.6) is 0 Å². The van der Waals surface area contributed by atoms with Crippen LogP contribution in [0, 0.1) is 0 Å². The molecule has 3 nitrogen and oxygen atoms in total. The van der Waals surface area contributed by atoms with Crippen LogP contribution in [0.2, 0.25) is 0 Å². The van der Waals surface area contributed by atoms with Crippen LogP contribution in [0.3, 0.4) is 0 Å². The summed E-state index contributed by atoms with van der Waals surface area (Å²) in [5, 5.41) is 31.2. The molecule has 3 aliphatic carbocycles. The highest BCUT2D eigenvalue weighted by Crippen LogP contribution is 2.67. The van der Waals surface area contributed by atoms with Crippen molar-refractivity contribution in [3.05, 3.63) is 595 Å². The molecule has 3 aromatic heterocycles. The molecule has 30 aromatic rings. The second kappa shape index (κ2) is 30.4. The fourth-order valence-corrected chi connectivity index (χ4v) is 29.5. The average Bonchev–Trinajstić information content (AvgIpc) is 1.50. The number of hydrogen-bond donors (Lipinski definition) is 0. The molecular weight excluding hydrogens is 1810 g/mol. The Labute approximate surface area is 864 Å². The van der Waals surface area contributed by atoms with Crippen molar-refractivity contribution in [1.29, 1.82) is 0 Å². The highest BCUT2D eigenvalue weighted by atomic mass is 15.0. The van der Waals surface area contributed by atoms with E-state index in [2.05, 4.69) is 541 Å². The lowest BCUT2D eigenvalue weighted by Gasteiger charge is -2.40. The Morgan fingerprint density at radius 1 is 0.107 bits per heavy atom. The van der Waals surface area contributed by atoms with Gasteiger partial charge in [-0.3, -0.25) is 0 Å². The second-order valence-corrected chi connectivity index (χ2v) is 41.9. The van der Waals surface area contributed by atoms with Gasteiger partial charge in [0.1, 0.15) is 0 Å². The van der Waals surface area contributed by atoms with Crippen molar-refractivity contribution in [3.63, 3.8) is 0 Å². The molecule has 36 rings (SSSR count). The summed E-state index contributed by atoms with van der Waals surface area (Å²) in [6.07, 6.45) is 0. The van der Waals surface area contributed by atoms with Crippen LogP contribution in [-0.4, -0.2) is 13.7 Å². The summed E-state index contributed by atoms with van der Waals surface area (Å²) in [6, 6.07) is 198. The zero-order valence-electron chi connectivity index (χ0n) is 81.6. The Hall–Kier alpha value is -19.3. The van der Waals surface area contributed by atoms with Crippen LogP contribution in [0.4, 0.5) is 0 Å². The normalized spacial score (nSPS) is 14.4. The maximum Gasteiger partial charge on any atom is 0.0754 e. The van der Waals surface area contributed by atoms with Gasteiger partial charge in [-0.05, 0) is 297 Å². The lowest BCUT2D eigenvalue weighted by molar-refractivity contribution is 0.748. The number of fused-ring (bicyclic) bond motifs is 54. The smallest absolute Gasteiger partial charge is 0.0754 e. The van der Waals surface area contributed by atoms with Gasteiger partial charge in [0.15, 0.2) is 0 Å². The lowest BCUT2D eigenvalue weighted by atomic mass is 9.65. The predicted octanol–water partition coefficient (Wildman–Crippen LogP) is 37.8. The first kappa shape index (κ1) is 82.0. The summed E-state index contributed by atoms with van der Waals surface area (Å²) in [7, 11) is 0. The van der Waals surface area contributed by atoms with Crippen LogP contribution < -0.4 is 0 Å². The molecule has 150 heavy (non-hydrogen) atoms. The minimum absolute atomic E-state index is 0.427. The molecule has 0 bridgehead atoms. The number of hydrogen-bond acceptors (Lipinski definition) is 0. The Balaban J connectivity index is 0.0000000957. The van der Waals surface area contributed by atoms with Crippen LogP contribution in [0.1, 0.15) is 66.8 Å². The summed E-state index contributed by atoms with van der Waals surface area (Å²) < 4.78 is 7.61. The Bertz CT molecular complexity index is 11100. The molecule has 0 saturated heterocycles. The molecule has 0 radical (unpaired) electrons. The quantitative estimate of drug-likeness (QED) is 0.157. The third-order valence-corrected chi connectivity index (χ3v) is 35.3. The van der Waals surface area contributed by atoms with E-state index >= 15 is 0 Å². The summed E-state index contributed by atoms with van der Waals surface area (Å²) >= 11 is 0. The van der Waals surface area contributed by atoms with Gasteiger partial charge in [0.25, 0.3) is 0 Å². The topological polar surface area (TPSA) is 14.8 Å². The monoisotopic (exact) mass is 1890 g/mol. The minimum atomic E-state index is -0.456. The fraction of sp³-hybridized carbons (Fsp3) is 0.0204. The van der Waals surface area contributed by atoms with Crippen molar-refractivity contribution in [2.75, 3.05) is 0 Å². The molecule has 3 spiro atoms. The van der Waals surface area contributed by atoms with E-state index in [1.165, 1.54) is 313 Å². The summed E-state index contributed by atoms with van der Waals surface area (Å²) in [6.45, 7) is 0. The lowest BCUT2D eigenvalue weighted by Crippen LogP contribution is -2.33. The number of nitrogens with zero attached hydrogens (tertiary/aromatic N) is 3. The predicted molar refractivity (Wildman–Crippen MR) is 629 cm³/mol. The van der Waals surface area contributed by atoms with Crippen LogP contribution >= 0.6 is 0 Å². The van der Waals surface area contributed by atoms with E-state index in [4.69, 9.17) is 0 Å². The van der Waals surface area contributed by atoms with Crippen molar-refractivity contribution < 1.29 is 0 Å². The van der Waals surface area contributed by atoms with E-state index in [1.54, 1.807) is 0 Å². The van der Waals surface area contributed by atoms with E-state index < -0.39 is 16.2 Å². The van der Waals surface area contributed by atoms with Crippen molar-refractivity contribution in [2.24, 2.45) is 0 Å². The van der Waals surface area contributed by atoms with E-state index in [-0.39, 0.29) is 0 Å². The molecule has 0 fully saturated rings. The minimum Gasteiger partial charge on any atom is -0.309 e. The molecule has 1 atom stereocenters. The van der Waals surface area contributed by atoms with Gasteiger partial charge >= 0.3 is 0 Å². The first-order valence-corrected chi connectivity index (χ1v) is 52.6. The van der Waals surface area contributed by atoms with Gasteiger partial charge in [-0.1, -0.05) is 461 Å². The Kier molecular flexibility index (Phi) is 16.6. The van der Waals surface area contributed by atoms with Gasteiger partial charge in [-0.25, -0.2) is 0 Å². The molecule has 690 valence electrons. The Morgan fingerprint density at radius 2 is 0.320 bits per heavy atom. The van der Waals surface area contributed by atoms with E-state index in [9.17, 15) is 0 Å². The van der Waals surface area contributed by atoms with Crippen LogP contribution in [0.25, 0.3) is 246 Å². The average molecular weight is 1900 g/mol. The van der Waals surface area contributed by atoms with E-state index in [1.807, 2.05) is 0 Å². The van der Waals surface area contributed by atoms with Crippen LogP contribution in [-0.2, 0) is 16.2 Å². The second-order valence-electron chi connectivity index (χ2n) is 41.9. The molecule has 3 aliphatic heterocycles. The van der Waals surface area contributed by atoms with Gasteiger partial charge < -0.3 is 13.7 Å². The molecule has 6 aliphatic rings. The zero-order valence-corrected chi connectivity index (χ0v) is 81.6. The molecule has 0 amide bonds. The molecule has 6 heterocycles. The first-order valence-electron chi connectivity index (χ1n) is 52.6. The van der Waals surface area contributed by atoms with Gasteiger partial charge in [0, 0.05) is 32.3 Å². The third kappa shape index (κ3) is 10.6. The molecule has 0 N–H and O–H groups in total. The highest BCUT2D eigenvalue weighted by molar-refractivity contribution is 6.30. The molecule has 27 aromatic carbocycles. The summed E-state index contributed by atoms with van der Waals surface area (Å²) in [4.78, 5) is 0. The molecule has 3 heteroatoms. The fourth-order valence-electron chi connectivity index (χ4n) is 29.5. The SMILES string of the molecule is c1ccc2c(c1)-c1ccc(-c3ccc4c5ccccc5c5ccccc5c4c3)cc1C21c2ccccc2-n2c3ccccc3c3cccc1c32.c1ccc2c(c1)-c1ccccc1C21c2cc(-c3ccc4c5ccccc5c5ccccc5c4c3)ccc2-n2c3ccccc3c3cccc1c32.c1ccc2c(c1)-c1ccccc1C21c2ccc(-c3ccc4c5ccccc5c5ccccc5c4c3)cc2-n2c3ccccc3c3cccc1c32. The van der Waals surface area contributed by atoms with Crippen LogP contribution in [0.15, 0.2) is 528 Å². The van der Waals surface area contributed by atoms with E-state index in [0.717, 1.165) is 0 Å². The van der Waals surface area contributed by atoms with Gasteiger partial charge in [-0.15, -0.1) is 0 Å². The first-order chi connectivity index (χ1) is 74.5. The van der Waals surface area contributed by atoms with E-state index in [0.29, 0.717) is 0 Å².